The van der Waals surface area contributed by atoms with Gasteiger partial charge in [0.05, 0.1) is 12.8 Å². The first-order valence-corrected chi connectivity index (χ1v) is 11.8. The molecule has 1 aromatic carbocycles. The lowest BCUT2D eigenvalue weighted by molar-refractivity contribution is 0.197. The predicted molar refractivity (Wildman–Crippen MR) is 129 cm³/mol. The van der Waals surface area contributed by atoms with E-state index in [4.69, 9.17) is 14.8 Å². The Hall–Kier alpha value is -2.66. The quantitative estimate of drug-likeness (QED) is 0.498. The van der Waals surface area contributed by atoms with Crippen LogP contribution >= 0.6 is 0 Å². The Morgan fingerprint density at radius 3 is 2.66 bits per heavy atom. The Labute approximate surface area is 192 Å². The van der Waals surface area contributed by atoms with Gasteiger partial charge in [-0.3, -0.25) is 14.6 Å². The van der Waals surface area contributed by atoms with Crippen LogP contribution in [-0.2, 0) is 13.0 Å². The van der Waals surface area contributed by atoms with Gasteiger partial charge in [0.2, 0.25) is 0 Å². The monoisotopic (exact) mass is 432 g/mol. The van der Waals surface area contributed by atoms with Crippen molar-refractivity contribution in [3.63, 3.8) is 0 Å². The van der Waals surface area contributed by atoms with Crippen LogP contribution in [0.1, 0.15) is 72.4 Å². The van der Waals surface area contributed by atoms with Gasteiger partial charge in [0.1, 0.15) is 5.75 Å². The van der Waals surface area contributed by atoms with Crippen LogP contribution in [0.4, 0.5) is 0 Å². The van der Waals surface area contributed by atoms with Crippen LogP contribution in [0.3, 0.4) is 0 Å². The summed E-state index contributed by atoms with van der Waals surface area (Å²) in [5, 5.41) is 4.78. The number of methoxy groups -OCH3 is 1. The largest absolute Gasteiger partial charge is 0.497 e. The molecule has 0 saturated carbocycles. The first-order valence-electron chi connectivity index (χ1n) is 11.8. The van der Waals surface area contributed by atoms with Crippen molar-refractivity contribution in [1.29, 1.82) is 0 Å². The molecule has 1 atom stereocenters. The fraction of sp³-hybridized carbons (Fsp3) is 0.481. The Kier molecular flexibility index (Phi) is 6.95. The van der Waals surface area contributed by atoms with E-state index in [0.717, 1.165) is 31.8 Å². The number of ether oxygens (including phenoxy) is 1. The van der Waals surface area contributed by atoms with Crippen molar-refractivity contribution in [2.75, 3.05) is 20.2 Å². The van der Waals surface area contributed by atoms with Gasteiger partial charge in [-0.15, -0.1) is 0 Å². The third kappa shape index (κ3) is 5.04. The van der Waals surface area contributed by atoms with Crippen LogP contribution in [-0.4, -0.2) is 39.9 Å². The van der Waals surface area contributed by atoms with Crippen molar-refractivity contribution < 1.29 is 4.74 Å². The molecule has 5 nitrogen and oxygen atoms in total. The van der Waals surface area contributed by atoms with Crippen molar-refractivity contribution in [3.8, 4) is 5.75 Å². The van der Waals surface area contributed by atoms with Gasteiger partial charge in [-0.25, -0.2) is 0 Å². The van der Waals surface area contributed by atoms with Crippen LogP contribution in [0, 0.1) is 13.8 Å². The molecular weight excluding hydrogens is 396 g/mol. The summed E-state index contributed by atoms with van der Waals surface area (Å²) in [6.45, 7) is 11.9. The van der Waals surface area contributed by atoms with Gasteiger partial charge in [-0.1, -0.05) is 18.2 Å². The second-order valence-electron chi connectivity index (χ2n) is 9.38. The number of aromatic nitrogens is 3. The van der Waals surface area contributed by atoms with E-state index in [-0.39, 0.29) is 0 Å². The minimum absolute atomic E-state index is 0.399. The molecule has 1 unspecified atom stereocenters. The molecule has 0 spiro atoms. The number of piperidine rings is 1. The third-order valence-corrected chi connectivity index (χ3v) is 6.66. The molecule has 5 heteroatoms. The van der Waals surface area contributed by atoms with Gasteiger partial charge in [0, 0.05) is 48.2 Å². The number of benzene rings is 1. The Bertz CT molecular complexity index is 1040. The van der Waals surface area contributed by atoms with Gasteiger partial charge in [0.25, 0.3) is 0 Å². The van der Waals surface area contributed by atoms with Crippen molar-refractivity contribution in [2.45, 2.75) is 65.5 Å². The molecule has 3 aromatic rings. The minimum atomic E-state index is 0.399. The molecule has 0 bridgehead atoms. The SMILES string of the molecule is COc1cccc(Cc2ccc(C3CCCN(Cc4c(C)nn(C(C)C)c4C)C3)nc2)c1. The lowest BCUT2D eigenvalue weighted by atomic mass is 9.93. The molecule has 170 valence electrons. The van der Waals surface area contributed by atoms with Gasteiger partial charge < -0.3 is 4.74 Å². The number of aryl methyl sites for hydroxylation is 1. The van der Waals surface area contributed by atoms with E-state index in [1.54, 1.807) is 7.11 Å². The van der Waals surface area contributed by atoms with Crippen LogP contribution in [0.25, 0.3) is 0 Å². The molecule has 32 heavy (non-hydrogen) atoms. The minimum Gasteiger partial charge on any atom is -0.497 e. The number of rotatable bonds is 7. The maximum atomic E-state index is 5.35. The number of pyridine rings is 1. The van der Waals surface area contributed by atoms with E-state index in [2.05, 4.69) is 67.7 Å². The van der Waals surface area contributed by atoms with E-state index in [0.29, 0.717) is 12.0 Å². The molecule has 1 aliphatic heterocycles. The molecule has 4 rings (SSSR count). The summed E-state index contributed by atoms with van der Waals surface area (Å²) in [6, 6.07) is 13.1. The smallest absolute Gasteiger partial charge is 0.119 e. The molecule has 0 radical (unpaired) electrons. The highest BCUT2D eigenvalue weighted by molar-refractivity contribution is 5.32. The van der Waals surface area contributed by atoms with E-state index >= 15 is 0 Å². The van der Waals surface area contributed by atoms with Crippen molar-refractivity contribution >= 4 is 0 Å². The van der Waals surface area contributed by atoms with E-state index in [1.807, 2.05) is 12.1 Å². The number of nitrogens with zero attached hydrogens (tertiary/aromatic N) is 4. The summed E-state index contributed by atoms with van der Waals surface area (Å²) in [4.78, 5) is 7.46. The van der Waals surface area contributed by atoms with Crippen LogP contribution in [0.15, 0.2) is 42.6 Å². The molecule has 0 N–H and O–H groups in total. The highest BCUT2D eigenvalue weighted by atomic mass is 16.5. The second kappa shape index (κ2) is 9.86. The molecule has 1 aliphatic rings. The molecule has 0 aliphatic carbocycles. The average molecular weight is 433 g/mol. The summed E-state index contributed by atoms with van der Waals surface area (Å²) >= 11 is 0. The summed E-state index contributed by atoms with van der Waals surface area (Å²) in [7, 11) is 1.71. The molecular formula is C27H36N4O. The van der Waals surface area contributed by atoms with Gasteiger partial charge in [0.15, 0.2) is 0 Å². The Morgan fingerprint density at radius 2 is 1.97 bits per heavy atom. The average Bonchev–Trinajstić information content (AvgIpc) is 3.08. The molecule has 1 fully saturated rings. The standard InChI is InChI=1S/C27H36N4O/c1-19(2)31-21(4)26(20(3)29-31)18-30-13-7-9-24(17-30)27-12-11-23(16-28-27)14-22-8-6-10-25(15-22)32-5/h6,8,10-12,15-16,19,24H,7,9,13-14,17-18H2,1-5H3. The second-order valence-corrected chi connectivity index (χ2v) is 9.38. The summed E-state index contributed by atoms with van der Waals surface area (Å²) in [6.07, 6.45) is 5.35. The predicted octanol–water partition coefficient (Wildman–Crippen LogP) is 5.45. The zero-order chi connectivity index (χ0) is 22.7. The van der Waals surface area contributed by atoms with Crippen LogP contribution < -0.4 is 4.74 Å². The zero-order valence-corrected chi connectivity index (χ0v) is 20.1. The van der Waals surface area contributed by atoms with E-state index in [1.165, 1.54) is 46.6 Å². The van der Waals surface area contributed by atoms with Crippen LogP contribution in [0.2, 0.25) is 0 Å². The highest BCUT2D eigenvalue weighted by Gasteiger charge is 2.24. The molecule has 3 heterocycles. The lowest BCUT2D eigenvalue weighted by Gasteiger charge is -2.32. The number of likely N-dealkylation sites (tertiary alicyclic amines) is 1. The Morgan fingerprint density at radius 1 is 1.12 bits per heavy atom. The van der Waals surface area contributed by atoms with Gasteiger partial charge in [-0.05, 0) is 82.8 Å². The Balaban J connectivity index is 1.41. The molecule has 2 aromatic heterocycles. The summed E-state index contributed by atoms with van der Waals surface area (Å²) in [5.74, 6) is 1.40. The first-order chi connectivity index (χ1) is 15.4. The normalized spacial score (nSPS) is 17.1. The third-order valence-electron chi connectivity index (χ3n) is 6.66. The fourth-order valence-corrected chi connectivity index (χ4v) is 4.89. The molecule has 0 amide bonds. The van der Waals surface area contributed by atoms with Crippen molar-refractivity contribution in [1.82, 2.24) is 19.7 Å². The summed E-state index contributed by atoms with van der Waals surface area (Å²) in [5.41, 5.74) is 7.56. The maximum absolute atomic E-state index is 5.35. The lowest BCUT2D eigenvalue weighted by Crippen LogP contribution is -2.34. The van der Waals surface area contributed by atoms with E-state index in [9.17, 15) is 0 Å². The zero-order valence-electron chi connectivity index (χ0n) is 20.1. The highest BCUT2D eigenvalue weighted by Crippen LogP contribution is 2.28. The maximum Gasteiger partial charge on any atom is 0.119 e. The van der Waals surface area contributed by atoms with Crippen molar-refractivity contribution in [3.05, 3.63) is 76.4 Å². The summed E-state index contributed by atoms with van der Waals surface area (Å²) < 4.78 is 7.51. The van der Waals surface area contributed by atoms with Gasteiger partial charge >= 0.3 is 0 Å². The topological polar surface area (TPSA) is 43.2 Å². The molecule has 1 saturated heterocycles. The van der Waals surface area contributed by atoms with Crippen molar-refractivity contribution in [2.24, 2.45) is 0 Å². The number of hydrogen-bond donors (Lipinski definition) is 0. The first kappa shape index (κ1) is 22.5. The van der Waals surface area contributed by atoms with Crippen LogP contribution in [0.5, 0.6) is 5.75 Å². The van der Waals surface area contributed by atoms with Gasteiger partial charge in [-0.2, -0.15) is 5.10 Å². The van der Waals surface area contributed by atoms with E-state index < -0.39 is 0 Å². The fourth-order valence-electron chi connectivity index (χ4n) is 4.89. The number of hydrogen-bond acceptors (Lipinski definition) is 4.